The summed E-state index contributed by atoms with van der Waals surface area (Å²) in [5.41, 5.74) is 0.888. The number of anilines is 1. The average molecular weight is 320 g/mol. The van der Waals surface area contributed by atoms with Gasteiger partial charge in [-0.25, -0.2) is 9.97 Å². The Hall–Kier alpha value is -0.330. The van der Waals surface area contributed by atoms with Gasteiger partial charge in [0, 0.05) is 14.2 Å². The fourth-order valence-electron chi connectivity index (χ4n) is 1.32. The van der Waals surface area contributed by atoms with Crippen LogP contribution in [-0.4, -0.2) is 29.9 Å². The molecule has 0 aliphatic heterocycles. The van der Waals surface area contributed by atoms with E-state index in [0.29, 0.717) is 6.61 Å². The van der Waals surface area contributed by atoms with Crippen molar-refractivity contribution in [2.24, 2.45) is 0 Å². The van der Waals surface area contributed by atoms with Crippen LogP contribution in [0.1, 0.15) is 24.9 Å². The van der Waals surface area contributed by atoms with Crippen LogP contribution < -0.4 is 5.32 Å². The number of aromatic nitrogens is 2. The highest BCUT2D eigenvalue weighted by Gasteiger charge is 2.11. The van der Waals surface area contributed by atoms with Crippen molar-refractivity contribution in [1.29, 1.82) is 0 Å². The summed E-state index contributed by atoms with van der Waals surface area (Å²) in [6, 6.07) is 0. The van der Waals surface area contributed by atoms with Crippen molar-refractivity contribution < 1.29 is 4.74 Å². The topological polar surface area (TPSA) is 47.0 Å². The summed E-state index contributed by atoms with van der Waals surface area (Å²) in [4.78, 5) is 8.96. The van der Waals surface area contributed by atoms with Crippen LogP contribution >= 0.6 is 27.7 Å². The van der Waals surface area contributed by atoms with Crippen molar-refractivity contribution in [2.45, 2.75) is 25.7 Å². The van der Waals surface area contributed by atoms with Gasteiger partial charge in [0.15, 0.2) is 0 Å². The minimum atomic E-state index is 0.489. The van der Waals surface area contributed by atoms with Crippen LogP contribution in [0.15, 0.2) is 4.47 Å². The van der Waals surface area contributed by atoms with Gasteiger partial charge in [-0.15, -0.1) is 0 Å². The second-order valence-corrected chi connectivity index (χ2v) is 5.38. The highest BCUT2D eigenvalue weighted by molar-refractivity contribution is 9.10. The maximum Gasteiger partial charge on any atom is 0.144 e. The van der Waals surface area contributed by atoms with Gasteiger partial charge in [-0.05, 0) is 28.1 Å². The van der Waals surface area contributed by atoms with E-state index in [4.69, 9.17) is 4.74 Å². The lowest BCUT2D eigenvalue weighted by atomic mass is 10.4. The molecule has 1 heterocycles. The van der Waals surface area contributed by atoms with Gasteiger partial charge in [0.1, 0.15) is 11.6 Å². The maximum absolute atomic E-state index is 5.13. The Kier molecular flexibility index (Phi) is 6.84. The first kappa shape index (κ1) is 14.7. The monoisotopic (exact) mass is 319 g/mol. The summed E-state index contributed by atoms with van der Waals surface area (Å²) in [5, 5.41) is 3.06. The quantitative estimate of drug-likeness (QED) is 0.783. The lowest BCUT2D eigenvalue weighted by molar-refractivity contribution is 0.180. The number of nitrogens with one attached hydrogen (secondary N) is 1. The van der Waals surface area contributed by atoms with Crippen molar-refractivity contribution in [3.63, 3.8) is 0 Å². The van der Waals surface area contributed by atoms with Gasteiger partial charge in [0.25, 0.3) is 0 Å². The molecule has 0 atom stereocenters. The number of rotatable bonds is 7. The summed E-state index contributed by atoms with van der Waals surface area (Å²) < 4.78 is 6.01. The molecule has 0 aliphatic rings. The fourth-order valence-corrected chi connectivity index (χ4v) is 2.55. The predicted molar refractivity (Wildman–Crippen MR) is 76.4 cm³/mol. The Morgan fingerprint density at radius 1 is 1.41 bits per heavy atom. The third-order valence-corrected chi connectivity index (χ3v) is 4.06. The summed E-state index contributed by atoms with van der Waals surface area (Å²) in [6.07, 6.45) is 1.17. The minimum Gasteiger partial charge on any atom is -0.378 e. The molecule has 0 bridgehead atoms. The van der Waals surface area contributed by atoms with E-state index in [1.807, 2.05) is 18.8 Å². The molecule has 6 heteroatoms. The van der Waals surface area contributed by atoms with Crippen molar-refractivity contribution in [1.82, 2.24) is 9.97 Å². The number of nitrogens with zero attached hydrogens (tertiary/aromatic N) is 2. The zero-order valence-corrected chi connectivity index (χ0v) is 12.8. The lowest BCUT2D eigenvalue weighted by Crippen LogP contribution is -2.06. The second kappa shape index (κ2) is 7.89. The number of halogens is 1. The molecule has 4 nitrogen and oxygen atoms in total. The van der Waals surface area contributed by atoms with Gasteiger partial charge >= 0.3 is 0 Å². The lowest BCUT2D eigenvalue weighted by Gasteiger charge is -2.10. The Morgan fingerprint density at radius 2 is 2.18 bits per heavy atom. The molecule has 0 aliphatic carbocycles. The maximum atomic E-state index is 5.13. The second-order valence-electron chi connectivity index (χ2n) is 3.48. The largest absolute Gasteiger partial charge is 0.378 e. The van der Waals surface area contributed by atoms with Gasteiger partial charge in [-0.3, -0.25) is 0 Å². The van der Waals surface area contributed by atoms with E-state index in [2.05, 4.69) is 38.1 Å². The Bertz CT molecular complexity index is 363. The smallest absolute Gasteiger partial charge is 0.144 e. The fraction of sp³-hybridized carbons (Fsp3) is 0.636. The van der Waals surface area contributed by atoms with Gasteiger partial charge in [-0.2, -0.15) is 11.8 Å². The van der Waals surface area contributed by atoms with E-state index < -0.39 is 0 Å². The van der Waals surface area contributed by atoms with Crippen molar-refractivity contribution in [3.8, 4) is 0 Å². The summed E-state index contributed by atoms with van der Waals surface area (Å²) >= 11 is 5.33. The van der Waals surface area contributed by atoms with E-state index >= 15 is 0 Å². The standard InChI is InChI=1S/C11H18BrN3OS/c1-4-5-17-7-9-14-8(6-16-3)10(12)11(13-2)15-9/h4-7H2,1-3H3,(H,13,14,15). The van der Waals surface area contributed by atoms with Crippen LogP contribution in [0.5, 0.6) is 0 Å². The van der Waals surface area contributed by atoms with Gasteiger partial charge < -0.3 is 10.1 Å². The number of methoxy groups -OCH3 is 1. The van der Waals surface area contributed by atoms with Gasteiger partial charge in [-0.1, -0.05) is 6.92 Å². The number of hydrogen-bond donors (Lipinski definition) is 1. The van der Waals surface area contributed by atoms with Crippen LogP contribution in [0.25, 0.3) is 0 Å². The van der Waals surface area contributed by atoms with Crippen LogP contribution in [-0.2, 0) is 17.1 Å². The number of thioether (sulfide) groups is 1. The molecule has 0 fully saturated rings. The third-order valence-electron chi connectivity index (χ3n) is 2.06. The summed E-state index contributed by atoms with van der Waals surface area (Å²) in [5.74, 6) is 3.64. The average Bonchev–Trinajstić information content (AvgIpc) is 2.33. The molecule has 0 aromatic carbocycles. The molecule has 17 heavy (non-hydrogen) atoms. The van der Waals surface area contributed by atoms with E-state index in [9.17, 15) is 0 Å². The van der Waals surface area contributed by atoms with Crippen molar-refractivity contribution in [3.05, 3.63) is 16.0 Å². The Morgan fingerprint density at radius 3 is 2.76 bits per heavy atom. The molecular formula is C11H18BrN3OS. The SMILES string of the molecule is CCCSCc1nc(COC)c(Br)c(NC)n1. The normalized spacial score (nSPS) is 10.6. The first-order chi connectivity index (χ1) is 8.22. The Labute approximate surface area is 115 Å². The Balaban J connectivity index is 2.86. The zero-order valence-electron chi connectivity index (χ0n) is 10.4. The van der Waals surface area contributed by atoms with Crippen LogP contribution in [0.4, 0.5) is 5.82 Å². The molecular weight excluding hydrogens is 302 g/mol. The molecule has 0 amide bonds. The molecule has 1 rings (SSSR count). The van der Waals surface area contributed by atoms with E-state index in [1.54, 1.807) is 7.11 Å². The molecule has 0 saturated carbocycles. The van der Waals surface area contributed by atoms with Gasteiger partial charge in [0.2, 0.25) is 0 Å². The van der Waals surface area contributed by atoms with Crippen LogP contribution in [0, 0.1) is 0 Å². The third kappa shape index (κ3) is 4.44. The van der Waals surface area contributed by atoms with Gasteiger partial charge in [0.05, 0.1) is 22.5 Å². The minimum absolute atomic E-state index is 0.489. The predicted octanol–water partition coefficient (Wildman–Crippen LogP) is 3.07. The zero-order chi connectivity index (χ0) is 12.7. The molecule has 1 N–H and O–H groups in total. The van der Waals surface area contributed by atoms with Crippen LogP contribution in [0.2, 0.25) is 0 Å². The van der Waals surface area contributed by atoms with Crippen LogP contribution in [0.3, 0.4) is 0 Å². The molecule has 1 aromatic heterocycles. The van der Waals surface area contributed by atoms with E-state index in [1.165, 1.54) is 6.42 Å². The highest BCUT2D eigenvalue weighted by atomic mass is 79.9. The first-order valence-corrected chi connectivity index (χ1v) is 7.47. The highest BCUT2D eigenvalue weighted by Crippen LogP contribution is 2.25. The number of hydrogen-bond acceptors (Lipinski definition) is 5. The van der Waals surface area contributed by atoms with Crippen molar-refractivity contribution in [2.75, 3.05) is 25.2 Å². The van der Waals surface area contributed by atoms with Crippen molar-refractivity contribution >= 4 is 33.5 Å². The molecule has 1 aromatic rings. The van der Waals surface area contributed by atoms with E-state index in [-0.39, 0.29) is 0 Å². The molecule has 0 unspecified atom stereocenters. The molecule has 0 radical (unpaired) electrons. The molecule has 0 spiro atoms. The molecule has 96 valence electrons. The number of ether oxygens (including phenoxy) is 1. The first-order valence-electron chi connectivity index (χ1n) is 5.52. The summed E-state index contributed by atoms with van der Waals surface area (Å²) in [6.45, 7) is 2.66. The van der Waals surface area contributed by atoms with E-state index in [0.717, 1.165) is 33.3 Å². The summed E-state index contributed by atoms with van der Waals surface area (Å²) in [7, 11) is 3.52. The molecule has 0 saturated heterocycles.